The van der Waals surface area contributed by atoms with Crippen LogP contribution < -0.4 is 0 Å². The van der Waals surface area contributed by atoms with Gasteiger partial charge in [0.25, 0.3) is 0 Å². The predicted molar refractivity (Wildman–Crippen MR) is 72.1 cm³/mol. The number of carbonyl (C=O) groups excluding carboxylic acids is 1. The quantitative estimate of drug-likeness (QED) is 0.629. The van der Waals surface area contributed by atoms with Gasteiger partial charge in [-0.05, 0) is 26.0 Å². The molecule has 2 heterocycles. The molecule has 1 saturated heterocycles. The highest BCUT2D eigenvalue weighted by molar-refractivity contribution is 5.76. The maximum atomic E-state index is 13.4. The normalized spacial score (nSPS) is 31.2. The van der Waals surface area contributed by atoms with Gasteiger partial charge < -0.3 is 9.47 Å². The SMILES string of the molecule is CCOC(=O)[C@@H]1O[C@@](C)(C(F)(F)F)[C@@H](C)[C@@H]1c1ccc(F)cn1. The van der Waals surface area contributed by atoms with Crippen LogP contribution in [0.1, 0.15) is 32.4 Å². The number of carbonyl (C=O) groups is 1. The van der Waals surface area contributed by atoms with E-state index in [1.165, 1.54) is 13.0 Å². The first kappa shape index (κ1) is 17.7. The van der Waals surface area contributed by atoms with Gasteiger partial charge in [0, 0.05) is 17.5 Å². The second-order valence-electron chi connectivity index (χ2n) is 5.61. The number of pyridine rings is 1. The van der Waals surface area contributed by atoms with Crippen LogP contribution in [0.5, 0.6) is 0 Å². The number of nitrogens with zero attached hydrogens (tertiary/aromatic N) is 1. The Labute approximate surface area is 130 Å². The Morgan fingerprint density at radius 2 is 2.09 bits per heavy atom. The molecule has 0 radical (unpaired) electrons. The topological polar surface area (TPSA) is 48.4 Å². The number of halogens is 4. The molecule has 2 rings (SSSR count). The third kappa shape index (κ3) is 3.04. The lowest BCUT2D eigenvalue weighted by atomic mass is 9.79. The van der Waals surface area contributed by atoms with E-state index in [2.05, 4.69) is 4.98 Å². The maximum absolute atomic E-state index is 13.4. The molecule has 0 N–H and O–H groups in total. The van der Waals surface area contributed by atoms with E-state index >= 15 is 0 Å². The van der Waals surface area contributed by atoms with Crippen molar-refractivity contribution in [1.29, 1.82) is 0 Å². The van der Waals surface area contributed by atoms with Gasteiger partial charge in [0.2, 0.25) is 0 Å². The number of alkyl halides is 3. The molecule has 0 aliphatic carbocycles. The first-order valence-electron chi connectivity index (χ1n) is 7.14. The minimum absolute atomic E-state index is 0.0133. The smallest absolute Gasteiger partial charge is 0.417 e. The zero-order chi connectivity index (χ0) is 17.4. The van der Waals surface area contributed by atoms with E-state index in [0.717, 1.165) is 19.2 Å². The van der Waals surface area contributed by atoms with Crippen molar-refractivity contribution in [3.05, 3.63) is 29.8 Å². The van der Waals surface area contributed by atoms with Crippen molar-refractivity contribution in [2.45, 2.75) is 44.6 Å². The van der Waals surface area contributed by atoms with E-state index in [1.54, 1.807) is 6.92 Å². The van der Waals surface area contributed by atoms with Crippen LogP contribution in [0.2, 0.25) is 0 Å². The molecule has 0 bridgehead atoms. The van der Waals surface area contributed by atoms with E-state index in [1.807, 2.05) is 0 Å². The second kappa shape index (κ2) is 6.07. The highest BCUT2D eigenvalue weighted by Gasteiger charge is 2.66. The zero-order valence-electron chi connectivity index (χ0n) is 12.9. The third-order valence-corrected chi connectivity index (χ3v) is 4.28. The molecule has 1 aromatic heterocycles. The van der Waals surface area contributed by atoms with Crippen molar-refractivity contribution < 1.29 is 31.8 Å². The number of esters is 1. The molecule has 0 unspecified atom stereocenters. The Morgan fingerprint density at radius 3 is 2.57 bits per heavy atom. The van der Waals surface area contributed by atoms with E-state index in [-0.39, 0.29) is 12.3 Å². The van der Waals surface area contributed by atoms with Crippen LogP contribution in [0, 0.1) is 11.7 Å². The summed E-state index contributed by atoms with van der Waals surface area (Å²) in [6.45, 7) is 3.79. The third-order valence-electron chi connectivity index (χ3n) is 4.28. The second-order valence-corrected chi connectivity index (χ2v) is 5.61. The molecule has 4 nitrogen and oxygen atoms in total. The Morgan fingerprint density at radius 1 is 1.43 bits per heavy atom. The van der Waals surface area contributed by atoms with Gasteiger partial charge in [-0.2, -0.15) is 13.2 Å². The lowest BCUT2D eigenvalue weighted by molar-refractivity contribution is -0.274. The van der Waals surface area contributed by atoms with Crippen LogP contribution in [0.3, 0.4) is 0 Å². The Bertz CT molecular complexity index is 575. The standard InChI is InChI=1S/C15H17F4NO3/c1-4-22-13(21)12-11(10-6-5-9(16)7-20-10)8(2)14(3,23-12)15(17,18)19/h5-8,11-12H,4H2,1-3H3/t8-,11+,12+,14+/m0/s1. The first-order valence-corrected chi connectivity index (χ1v) is 7.14. The monoisotopic (exact) mass is 335 g/mol. The lowest BCUT2D eigenvalue weighted by Gasteiger charge is -2.31. The van der Waals surface area contributed by atoms with Gasteiger partial charge in [0.15, 0.2) is 11.7 Å². The number of aromatic nitrogens is 1. The van der Waals surface area contributed by atoms with Crippen molar-refractivity contribution >= 4 is 5.97 Å². The van der Waals surface area contributed by atoms with Crippen molar-refractivity contribution in [3.8, 4) is 0 Å². The fraction of sp³-hybridized carbons (Fsp3) is 0.600. The average Bonchev–Trinajstić information content (AvgIpc) is 2.74. The molecular weight excluding hydrogens is 318 g/mol. The maximum Gasteiger partial charge on any atom is 0.417 e. The van der Waals surface area contributed by atoms with Crippen molar-refractivity contribution in [2.24, 2.45) is 5.92 Å². The van der Waals surface area contributed by atoms with E-state index < -0.39 is 41.5 Å². The van der Waals surface area contributed by atoms with Crippen molar-refractivity contribution in [1.82, 2.24) is 4.98 Å². The van der Waals surface area contributed by atoms with Gasteiger partial charge >= 0.3 is 12.1 Å². The summed E-state index contributed by atoms with van der Waals surface area (Å²) >= 11 is 0. The summed E-state index contributed by atoms with van der Waals surface area (Å²) < 4.78 is 63.2. The molecule has 1 fully saturated rings. The summed E-state index contributed by atoms with van der Waals surface area (Å²) in [7, 11) is 0. The van der Waals surface area contributed by atoms with Gasteiger partial charge in [-0.3, -0.25) is 4.98 Å². The zero-order valence-corrected chi connectivity index (χ0v) is 12.9. The van der Waals surface area contributed by atoms with Gasteiger partial charge in [-0.1, -0.05) is 6.92 Å². The summed E-state index contributed by atoms with van der Waals surface area (Å²) in [5.41, 5.74) is -2.37. The molecule has 0 spiro atoms. The van der Waals surface area contributed by atoms with Gasteiger partial charge in [0.05, 0.1) is 12.8 Å². The fourth-order valence-electron chi connectivity index (χ4n) is 2.79. The Hall–Kier alpha value is -1.70. The van der Waals surface area contributed by atoms with Crippen LogP contribution in [0.25, 0.3) is 0 Å². The van der Waals surface area contributed by atoms with Crippen LogP contribution in [-0.2, 0) is 14.3 Å². The molecule has 1 aliphatic heterocycles. The molecule has 23 heavy (non-hydrogen) atoms. The molecule has 128 valence electrons. The molecule has 4 atom stereocenters. The van der Waals surface area contributed by atoms with E-state index in [0.29, 0.717) is 0 Å². The van der Waals surface area contributed by atoms with Crippen molar-refractivity contribution in [2.75, 3.05) is 6.61 Å². The molecule has 0 amide bonds. The molecule has 1 aromatic rings. The molecule has 0 saturated carbocycles. The highest BCUT2D eigenvalue weighted by Crippen LogP contribution is 2.53. The van der Waals surface area contributed by atoms with Gasteiger partial charge in [-0.15, -0.1) is 0 Å². The molecule has 8 heteroatoms. The molecule has 0 aromatic carbocycles. The van der Waals surface area contributed by atoms with Crippen LogP contribution in [-0.4, -0.2) is 35.4 Å². The summed E-state index contributed by atoms with van der Waals surface area (Å²) in [6.07, 6.45) is -5.23. The Balaban J connectivity index is 2.46. The number of rotatable bonds is 3. The van der Waals surface area contributed by atoms with E-state index in [4.69, 9.17) is 9.47 Å². The van der Waals surface area contributed by atoms with Crippen LogP contribution >= 0.6 is 0 Å². The average molecular weight is 335 g/mol. The first-order chi connectivity index (χ1) is 10.6. The minimum atomic E-state index is -4.67. The summed E-state index contributed by atoms with van der Waals surface area (Å²) in [5.74, 6) is -3.59. The lowest BCUT2D eigenvalue weighted by Crippen LogP contribution is -2.47. The summed E-state index contributed by atoms with van der Waals surface area (Å²) in [6, 6.07) is 2.34. The number of ether oxygens (including phenoxy) is 2. The van der Waals surface area contributed by atoms with Crippen molar-refractivity contribution in [3.63, 3.8) is 0 Å². The molecule has 1 aliphatic rings. The van der Waals surface area contributed by atoms with Gasteiger partial charge in [-0.25, -0.2) is 9.18 Å². The van der Waals surface area contributed by atoms with E-state index in [9.17, 15) is 22.4 Å². The summed E-state index contributed by atoms with van der Waals surface area (Å²) in [4.78, 5) is 15.9. The van der Waals surface area contributed by atoms with Crippen LogP contribution in [0.4, 0.5) is 17.6 Å². The Kier molecular flexibility index (Phi) is 4.66. The number of hydrogen-bond acceptors (Lipinski definition) is 4. The largest absolute Gasteiger partial charge is 0.464 e. The highest BCUT2D eigenvalue weighted by atomic mass is 19.4. The summed E-state index contributed by atoms with van der Waals surface area (Å²) in [5, 5.41) is 0. The number of hydrogen-bond donors (Lipinski definition) is 0. The predicted octanol–water partition coefficient (Wildman–Crippen LogP) is 3.22. The minimum Gasteiger partial charge on any atom is -0.464 e. The van der Waals surface area contributed by atoms with Gasteiger partial charge in [0.1, 0.15) is 5.82 Å². The fourth-order valence-corrected chi connectivity index (χ4v) is 2.79. The molecular formula is C15H17F4NO3. The van der Waals surface area contributed by atoms with Crippen LogP contribution in [0.15, 0.2) is 18.3 Å².